The number of benzene rings is 1. The summed E-state index contributed by atoms with van der Waals surface area (Å²) in [6, 6.07) is 7.51. The quantitative estimate of drug-likeness (QED) is 0.756. The van der Waals surface area contributed by atoms with Crippen molar-refractivity contribution in [3.8, 4) is 0 Å². The Labute approximate surface area is 89.0 Å². The lowest BCUT2D eigenvalue weighted by atomic mass is 9.95. The smallest absolute Gasteiger partial charge is 0.249 e. The van der Waals surface area contributed by atoms with Gasteiger partial charge >= 0.3 is 0 Å². The predicted molar refractivity (Wildman–Crippen MR) is 60.4 cm³/mol. The zero-order valence-corrected chi connectivity index (χ0v) is 8.49. The molecule has 1 aliphatic heterocycles. The molecule has 0 aromatic heterocycles. The van der Waals surface area contributed by atoms with Crippen LogP contribution in [0, 0.1) is 0 Å². The third-order valence-electron chi connectivity index (χ3n) is 2.60. The van der Waals surface area contributed by atoms with Gasteiger partial charge in [-0.2, -0.15) is 0 Å². The van der Waals surface area contributed by atoms with Gasteiger partial charge in [0.2, 0.25) is 5.91 Å². The summed E-state index contributed by atoms with van der Waals surface area (Å²) in [4.78, 5) is 11.2. The fraction of sp³-hybridized carbons (Fsp3) is 0.250. The second-order valence-corrected chi connectivity index (χ2v) is 3.59. The van der Waals surface area contributed by atoms with Crippen LogP contribution in [0.1, 0.15) is 22.3 Å². The normalized spacial score (nSPS) is 15.9. The molecule has 3 N–H and O–H groups in total. The topological polar surface area (TPSA) is 55.1 Å². The molecule has 78 valence electrons. The molecular weight excluding hydrogens is 188 g/mol. The van der Waals surface area contributed by atoms with Gasteiger partial charge in [-0.1, -0.05) is 24.3 Å². The van der Waals surface area contributed by atoms with Crippen molar-refractivity contribution in [1.82, 2.24) is 5.32 Å². The van der Waals surface area contributed by atoms with E-state index in [1.54, 1.807) is 6.07 Å². The molecule has 0 spiro atoms. The SMILES string of the molecule is NC(=O)c1ccccc1C1=CCNCC1. The Morgan fingerprint density at radius 2 is 2.13 bits per heavy atom. The minimum Gasteiger partial charge on any atom is -0.366 e. The molecule has 0 aliphatic carbocycles. The van der Waals surface area contributed by atoms with Crippen LogP contribution >= 0.6 is 0 Å². The first-order chi connectivity index (χ1) is 7.29. The summed E-state index contributed by atoms with van der Waals surface area (Å²) in [5.41, 5.74) is 8.15. The molecule has 0 atom stereocenters. The van der Waals surface area contributed by atoms with Gasteiger partial charge in [0, 0.05) is 12.1 Å². The molecule has 1 aromatic carbocycles. The Bertz CT molecular complexity index is 410. The minimum atomic E-state index is -0.356. The standard InChI is InChI=1S/C12H14N2O/c13-12(15)11-4-2-1-3-10(11)9-5-7-14-8-6-9/h1-5,14H,6-8H2,(H2,13,15). The second-order valence-electron chi connectivity index (χ2n) is 3.59. The Kier molecular flexibility index (Phi) is 2.83. The largest absolute Gasteiger partial charge is 0.366 e. The minimum absolute atomic E-state index is 0.356. The van der Waals surface area contributed by atoms with Gasteiger partial charge in [-0.25, -0.2) is 0 Å². The van der Waals surface area contributed by atoms with Crippen LogP contribution in [0.5, 0.6) is 0 Å². The molecule has 2 rings (SSSR count). The van der Waals surface area contributed by atoms with E-state index in [2.05, 4.69) is 11.4 Å². The van der Waals surface area contributed by atoms with Crippen molar-refractivity contribution in [2.75, 3.05) is 13.1 Å². The van der Waals surface area contributed by atoms with Crippen molar-refractivity contribution in [1.29, 1.82) is 0 Å². The van der Waals surface area contributed by atoms with Gasteiger partial charge in [-0.05, 0) is 30.2 Å². The van der Waals surface area contributed by atoms with E-state index in [1.165, 1.54) is 5.57 Å². The zero-order valence-electron chi connectivity index (χ0n) is 8.49. The lowest BCUT2D eigenvalue weighted by molar-refractivity contribution is 0.1000. The van der Waals surface area contributed by atoms with Crippen LogP contribution in [-0.2, 0) is 0 Å². The first-order valence-electron chi connectivity index (χ1n) is 5.08. The van der Waals surface area contributed by atoms with Gasteiger partial charge in [-0.15, -0.1) is 0 Å². The van der Waals surface area contributed by atoms with E-state index >= 15 is 0 Å². The van der Waals surface area contributed by atoms with E-state index in [0.717, 1.165) is 25.1 Å². The lowest BCUT2D eigenvalue weighted by Crippen LogP contribution is -2.21. The number of rotatable bonds is 2. The number of nitrogens with two attached hydrogens (primary N) is 1. The highest BCUT2D eigenvalue weighted by molar-refractivity contribution is 5.98. The van der Waals surface area contributed by atoms with Crippen molar-refractivity contribution in [3.63, 3.8) is 0 Å². The van der Waals surface area contributed by atoms with E-state index < -0.39 is 0 Å². The Morgan fingerprint density at radius 3 is 2.80 bits per heavy atom. The molecule has 3 heteroatoms. The number of carbonyl (C=O) groups excluding carboxylic acids is 1. The lowest BCUT2D eigenvalue weighted by Gasteiger charge is -2.16. The highest BCUT2D eigenvalue weighted by atomic mass is 16.1. The van der Waals surface area contributed by atoms with Gasteiger partial charge in [0.1, 0.15) is 0 Å². The van der Waals surface area contributed by atoms with Gasteiger partial charge < -0.3 is 11.1 Å². The number of nitrogens with one attached hydrogen (secondary N) is 1. The number of carbonyl (C=O) groups is 1. The molecule has 1 heterocycles. The summed E-state index contributed by atoms with van der Waals surface area (Å²) >= 11 is 0. The molecule has 0 bridgehead atoms. The van der Waals surface area contributed by atoms with Gasteiger partial charge in [0.05, 0.1) is 0 Å². The van der Waals surface area contributed by atoms with Gasteiger partial charge in [0.15, 0.2) is 0 Å². The van der Waals surface area contributed by atoms with Crippen molar-refractivity contribution in [2.45, 2.75) is 6.42 Å². The highest BCUT2D eigenvalue weighted by Gasteiger charge is 2.12. The van der Waals surface area contributed by atoms with Crippen LogP contribution in [0.3, 0.4) is 0 Å². The predicted octanol–water partition coefficient (Wildman–Crippen LogP) is 1.16. The average Bonchev–Trinajstić information content (AvgIpc) is 2.30. The van der Waals surface area contributed by atoms with Crippen molar-refractivity contribution in [2.24, 2.45) is 5.73 Å². The monoisotopic (exact) mass is 202 g/mol. The molecule has 0 fully saturated rings. The van der Waals surface area contributed by atoms with Gasteiger partial charge in [-0.3, -0.25) is 4.79 Å². The van der Waals surface area contributed by atoms with E-state index in [0.29, 0.717) is 5.56 Å². The Hall–Kier alpha value is -1.61. The van der Waals surface area contributed by atoms with Crippen LogP contribution < -0.4 is 11.1 Å². The van der Waals surface area contributed by atoms with E-state index in [-0.39, 0.29) is 5.91 Å². The average molecular weight is 202 g/mol. The molecule has 0 unspecified atom stereocenters. The van der Waals surface area contributed by atoms with Crippen molar-refractivity contribution in [3.05, 3.63) is 41.5 Å². The van der Waals surface area contributed by atoms with Gasteiger partial charge in [0.25, 0.3) is 0 Å². The summed E-state index contributed by atoms with van der Waals surface area (Å²) in [6.07, 6.45) is 3.07. The first kappa shape index (κ1) is 9.93. The molecule has 0 saturated carbocycles. The molecule has 1 amide bonds. The Morgan fingerprint density at radius 1 is 1.33 bits per heavy atom. The zero-order chi connectivity index (χ0) is 10.7. The third-order valence-corrected chi connectivity index (χ3v) is 2.60. The number of amides is 1. The Balaban J connectivity index is 2.42. The maximum Gasteiger partial charge on any atom is 0.249 e. The molecular formula is C12H14N2O. The molecule has 1 aliphatic rings. The first-order valence-corrected chi connectivity index (χ1v) is 5.08. The van der Waals surface area contributed by atoms with E-state index in [4.69, 9.17) is 5.73 Å². The second kappa shape index (κ2) is 4.28. The van der Waals surface area contributed by atoms with Crippen LogP contribution in [0.4, 0.5) is 0 Å². The number of hydrogen-bond acceptors (Lipinski definition) is 2. The maximum absolute atomic E-state index is 11.2. The molecule has 15 heavy (non-hydrogen) atoms. The number of hydrogen-bond donors (Lipinski definition) is 2. The third kappa shape index (κ3) is 2.07. The van der Waals surface area contributed by atoms with Crippen LogP contribution in [0.25, 0.3) is 5.57 Å². The summed E-state index contributed by atoms with van der Waals surface area (Å²) in [5, 5.41) is 3.24. The summed E-state index contributed by atoms with van der Waals surface area (Å²) in [6.45, 7) is 1.82. The van der Waals surface area contributed by atoms with Crippen LogP contribution in [0.2, 0.25) is 0 Å². The van der Waals surface area contributed by atoms with Crippen LogP contribution in [-0.4, -0.2) is 19.0 Å². The van der Waals surface area contributed by atoms with E-state index in [1.807, 2.05) is 18.2 Å². The number of primary amides is 1. The maximum atomic E-state index is 11.2. The summed E-state index contributed by atoms with van der Waals surface area (Å²) < 4.78 is 0. The molecule has 1 aromatic rings. The fourth-order valence-corrected chi connectivity index (χ4v) is 1.85. The van der Waals surface area contributed by atoms with Crippen molar-refractivity contribution >= 4 is 11.5 Å². The molecule has 0 saturated heterocycles. The fourth-order valence-electron chi connectivity index (χ4n) is 1.85. The summed E-state index contributed by atoms with van der Waals surface area (Å²) in [5.74, 6) is -0.356. The van der Waals surface area contributed by atoms with Crippen molar-refractivity contribution < 1.29 is 4.79 Å². The molecule has 3 nitrogen and oxygen atoms in total. The highest BCUT2D eigenvalue weighted by Crippen LogP contribution is 2.22. The molecule has 0 radical (unpaired) electrons. The summed E-state index contributed by atoms with van der Waals surface area (Å²) in [7, 11) is 0. The van der Waals surface area contributed by atoms with E-state index in [9.17, 15) is 4.79 Å². The van der Waals surface area contributed by atoms with Crippen LogP contribution in [0.15, 0.2) is 30.3 Å².